The van der Waals surface area contributed by atoms with Crippen molar-refractivity contribution in [1.29, 1.82) is 0 Å². The Balaban J connectivity index is 2.64. The van der Waals surface area contributed by atoms with E-state index < -0.39 is 0 Å². The van der Waals surface area contributed by atoms with E-state index in [9.17, 15) is 4.79 Å². The first-order valence-electron chi connectivity index (χ1n) is 3.72. The highest BCUT2D eigenvalue weighted by Crippen LogP contribution is 2.21. The first-order chi connectivity index (χ1) is 5.72. The van der Waals surface area contributed by atoms with E-state index in [1.54, 1.807) is 24.3 Å². The fraction of sp³-hybridized carbons (Fsp3) is 0.222. The molecular weight excluding hydrogens is 172 g/mol. The van der Waals surface area contributed by atoms with Crippen LogP contribution in [0.1, 0.15) is 13.3 Å². The Kier molecular flexibility index (Phi) is 3.17. The Morgan fingerprint density at radius 3 is 2.50 bits per heavy atom. The topological polar surface area (TPSA) is 37.3 Å². The molecule has 1 rings (SSSR count). The number of phenolic OH excluding ortho intramolecular Hbond substituents is 1. The monoisotopic (exact) mass is 182 g/mol. The molecule has 0 saturated carbocycles. The van der Waals surface area contributed by atoms with E-state index in [0.29, 0.717) is 6.42 Å². The van der Waals surface area contributed by atoms with E-state index in [0.717, 1.165) is 4.90 Å². The smallest absolute Gasteiger partial charge is 0.193 e. The zero-order valence-electron chi connectivity index (χ0n) is 6.78. The van der Waals surface area contributed by atoms with Gasteiger partial charge in [-0.3, -0.25) is 4.79 Å². The zero-order chi connectivity index (χ0) is 8.97. The Morgan fingerprint density at radius 2 is 2.00 bits per heavy atom. The summed E-state index contributed by atoms with van der Waals surface area (Å²) in [6, 6.07) is 6.61. The summed E-state index contributed by atoms with van der Waals surface area (Å²) in [5, 5.41) is 9.09. The number of aromatic hydroxyl groups is 1. The summed E-state index contributed by atoms with van der Waals surface area (Å²) < 4.78 is 0. The molecule has 0 aliphatic carbocycles. The second-order valence-corrected chi connectivity index (χ2v) is 3.45. The highest BCUT2D eigenvalue weighted by Gasteiger charge is 2.00. The summed E-state index contributed by atoms with van der Waals surface area (Å²) in [5.74, 6) is 0.225. The van der Waals surface area contributed by atoms with Crippen LogP contribution in [0, 0.1) is 0 Å². The second-order valence-electron chi connectivity index (χ2n) is 2.32. The van der Waals surface area contributed by atoms with Crippen LogP contribution in [0.5, 0.6) is 5.75 Å². The van der Waals surface area contributed by atoms with Crippen molar-refractivity contribution in [2.24, 2.45) is 0 Å². The molecule has 12 heavy (non-hydrogen) atoms. The van der Waals surface area contributed by atoms with Crippen molar-refractivity contribution < 1.29 is 9.90 Å². The molecule has 0 aliphatic rings. The van der Waals surface area contributed by atoms with Gasteiger partial charge in [0.25, 0.3) is 0 Å². The van der Waals surface area contributed by atoms with E-state index in [1.807, 2.05) is 6.92 Å². The standard InChI is InChI=1S/C9H10O2S/c1-2-9(11)12-8-5-3-7(10)4-6-8/h3-6,10H,2H2,1H3. The van der Waals surface area contributed by atoms with Crippen LogP contribution in [0.3, 0.4) is 0 Å². The van der Waals surface area contributed by atoms with Gasteiger partial charge >= 0.3 is 0 Å². The van der Waals surface area contributed by atoms with Crippen molar-refractivity contribution in [3.8, 4) is 5.75 Å². The molecule has 1 aromatic carbocycles. The van der Waals surface area contributed by atoms with Gasteiger partial charge < -0.3 is 5.11 Å². The van der Waals surface area contributed by atoms with Crippen LogP contribution in [-0.2, 0) is 4.79 Å². The maximum atomic E-state index is 11.0. The molecule has 0 fully saturated rings. The van der Waals surface area contributed by atoms with Crippen molar-refractivity contribution in [2.45, 2.75) is 18.2 Å². The quantitative estimate of drug-likeness (QED) is 0.714. The lowest BCUT2D eigenvalue weighted by atomic mass is 10.3. The lowest BCUT2D eigenvalue weighted by Crippen LogP contribution is -1.85. The minimum Gasteiger partial charge on any atom is -0.508 e. The third-order valence-corrected chi connectivity index (χ3v) is 2.38. The average molecular weight is 182 g/mol. The first kappa shape index (κ1) is 9.13. The summed E-state index contributed by atoms with van der Waals surface area (Å²) in [5.41, 5.74) is 0. The minimum absolute atomic E-state index is 0.140. The largest absolute Gasteiger partial charge is 0.508 e. The fourth-order valence-corrected chi connectivity index (χ4v) is 1.40. The predicted octanol–water partition coefficient (Wildman–Crippen LogP) is 2.42. The van der Waals surface area contributed by atoms with Gasteiger partial charge in [-0.15, -0.1) is 0 Å². The zero-order valence-corrected chi connectivity index (χ0v) is 7.60. The van der Waals surface area contributed by atoms with Gasteiger partial charge in [0.05, 0.1) is 0 Å². The van der Waals surface area contributed by atoms with Crippen molar-refractivity contribution in [1.82, 2.24) is 0 Å². The van der Waals surface area contributed by atoms with Crippen LogP contribution in [0.4, 0.5) is 0 Å². The van der Waals surface area contributed by atoms with Crippen LogP contribution < -0.4 is 0 Å². The van der Waals surface area contributed by atoms with Gasteiger partial charge in [-0.25, -0.2) is 0 Å². The predicted molar refractivity (Wildman–Crippen MR) is 49.3 cm³/mol. The normalized spacial score (nSPS) is 9.75. The summed E-state index contributed by atoms with van der Waals surface area (Å²) >= 11 is 1.20. The number of hydrogen-bond acceptors (Lipinski definition) is 3. The fourth-order valence-electron chi connectivity index (χ4n) is 0.718. The Morgan fingerprint density at radius 1 is 1.42 bits per heavy atom. The number of thioether (sulfide) groups is 1. The van der Waals surface area contributed by atoms with E-state index in [4.69, 9.17) is 5.11 Å². The van der Waals surface area contributed by atoms with Crippen molar-refractivity contribution in [3.63, 3.8) is 0 Å². The number of carbonyl (C=O) groups is 1. The van der Waals surface area contributed by atoms with E-state index in [2.05, 4.69) is 0 Å². The molecule has 0 heterocycles. The van der Waals surface area contributed by atoms with E-state index >= 15 is 0 Å². The second kappa shape index (κ2) is 4.16. The van der Waals surface area contributed by atoms with Crippen LogP contribution >= 0.6 is 11.8 Å². The summed E-state index contributed by atoms with van der Waals surface area (Å²) in [7, 11) is 0. The first-order valence-corrected chi connectivity index (χ1v) is 4.53. The summed E-state index contributed by atoms with van der Waals surface area (Å²) in [6.45, 7) is 1.83. The van der Waals surface area contributed by atoms with Crippen molar-refractivity contribution in [2.75, 3.05) is 0 Å². The SMILES string of the molecule is CCC(=O)Sc1ccc(O)cc1. The van der Waals surface area contributed by atoms with Crippen LogP contribution in [-0.4, -0.2) is 10.2 Å². The van der Waals surface area contributed by atoms with Crippen molar-refractivity contribution >= 4 is 16.9 Å². The number of hydrogen-bond donors (Lipinski definition) is 1. The molecule has 0 amide bonds. The van der Waals surface area contributed by atoms with Gasteiger partial charge in [-0.1, -0.05) is 18.7 Å². The van der Waals surface area contributed by atoms with Crippen LogP contribution in [0.15, 0.2) is 29.2 Å². The number of rotatable bonds is 2. The van der Waals surface area contributed by atoms with E-state index in [-0.39, 0.29) is 10.9 Å². The lowest BCUT2D eigenvalue weighted by molar-refractivity contribution is -0.110. The molecular formula is C9H10O2S. The molecule has 1 N–H and O–H groups in total. The number of benzene rings is 1. The molecule has 2 nitrogen and oxygen atoms in total. The third-order valence-electron chi connectivity index (χ3n) is 1.36. The Labute approximate surface area is 75.6 Å². The Bertz CT molecular complexity index is 266. The maximum Gasteiger partial charge on any atom is 0.193 e. The van der Waals surface area contributed by atoms with Gasteiger partial charge in [0.2, 0.25) is 0 Å². The van der Waals surface area contributed by atoms with Gasteiger partial charge in [-0.05, 0) is 24.3 Å². The summed E-state index contributed by atoms with van der Waals surface area (Å²) in [6.07, 6.45) is 0.533. The average Bonchev–Trinajstić information content (AvgIpc) is 2.09. The van der Waals surface area contributed by atoms with E-state index in [1.165, 1.54) is 11.8 Å². The third kappa shape index (κ3) is 2.58. The van der Waals surface area contributed by atoms with Crippen molar-refractivity contribution in [3.05, 3.63) is 24.3 Å². The van der Waals surface area contributed by atoms with Gasteiger partial charge in [0.1, 0.15) is 5.75 Å². The van der Waals surface area contributed by atoms with Gasteiger partial charge in [-0.2, -0.15) is 0 Å². The molecule has 3 heteroatoms. The molecule has 0 aromatic heterocycles. The van der Waals surface area contributed by atoms with Crippen LogP contribution in [0.25, 0.3) is 0 Å². The highest BCUT2D eigenvalue weighted by molar-refractivity contribution is 8.13. The minimum atomic E-state index is 0.140. The van der Waals surface area contributed by atoms with Gasteiger partial charge in [0, 0.05) is 11.3 Å². The Hall–Kier alpha value is -0.960. The molecule has 0 radical (unpaired) electrons. The van der Waals surface area contributed by atoms with Crippen LogP contribution in [0.2, 0.25) is 0 Å². The highest BCUT2D eigenvalue weighted by atomic mass is 32.2. The lowest BCUT2D eigenvalue weighted by Gasteiger charge is -1.97. The number of carbonyl (C=O) groups excluding carboxylic acids is 1. The molecule has 0 atom stereocenters. The molecule has 0 unspecified atom stereocenters. The number of phenols is 1. The molecule has 0 saturated heterocycles. The molecule has 64 valence electrons. The molecule has 0 aliphatic heterocycles. The summed E-state index contributed by atoms with van der Waals surface area (Å²) in [4.78, 5) is 11.8. The molecule has 0 spiro atoms. The molecule has 1 aromatic rings. The van der Waals surface area contributed by atoms with Gasteiger partial charge in [0.15, 0.2) is 5.12 Å². The molecule has 0 bridgehead atoms. The maximum absolute atomic E-state index is 11.0.